The summed E-state index contributed by atoms with van der Waals surface area (Å²) in [5, 5.41) is 0. The molecule has 0 aliphatic rings. The third-order valence-corrected chi connectivity index (χ3v) is 11.8. The molecule has 0 amide bonds. The molecule has 0 aliphatic carbocycles. The van der Waals surface area contributed by atoms with Gasteiger partial charge in [0.2, 0.25) is 0 Å². The maximum Gasteiger partial charge on any atom is 0.636 e. The fraction of sp³-hybridized carbons (Fsp3) is 1.00. The second-order valence-electron chi connectivity index (χ2n) is 4.54. The Morgan fingerprint density at radius 3 is 0.882 bits per heavy atom. The highest BCUT2D eigenvalue weighted by molar-refractivity contribution is 6.80. The summed E-state index contributed by atoms with van der Waals surface area (Å²) in [6, 6.07) is 0. The first-order chi connectivity index (χ1) is 8.83. The fourth-order valence-electron chi connectivity index (χ4n) is 1.12. The van der Waals surface area contributed by atoms with E-state index in [1.165, 1.54) is 0 Å². The average molecular weight is 337 g/mol. The lowest BCUT2D eigenvalue weighted by atomic mass is 11.9. The van der Waals surface area contributed by atoms with E-state index < -0.39 is 44.9 Å². The zero-order chi connectivity index (χ0) is 17.3. The molecule has 0 rings (SSSR count). The van der Waals surface area contributed by atoms with E-state index in [2.05, 4.69) is 0 Å². The lowest BCUT2D eigenvalue weighted by molar-refractivity contribution is 0.164. The van der Waals surface area contributed by atoms with Crippen LogP contribution in [0.25, 0.3) is 0 Å². The summed E-state index contributed by atoms with van der Waals surface area (Å²) in [5.41, 5.74) is 0. The predicted molar refractivity (Wildman–Crippen MR) is 85.6 cm³/mol. The first kappa shape index (κ1) is 11.7. The number of rotatable bonds is 8. The Balaban J connectivity index is 5.70. The van der Waals surface area contributed by atoms with Gasteiger partial charge in [-0.1, -0.05) is 0 Å². The summed E-state index contributed by atoms with van der Waals surface area (Å²) < 4.78 is 55.4. The van der Waals surface area contributed by atoms with Crippen LogP contribution in [-0.4, -0.2) is 49.9 Å². The number of hydrogen-bond donors (Lipinski definition) is 0. The summed E-state index contributed by atoms with van der Waals surface area (Å²) in [7, 11) is -15.2. The van der Waals surface area contributed by atoms with E-state index in [-0.39, 0.29) is 0 Å². The standard InChI is InChI=1S/C8H28O4Si5/c1-13(2)9-17(10-14(3)4,11-15(5)6)12-16(7)8/h13-16H,1-8H3/i13T,14T,15T,16T. The van der Waals surface area contributed by atoms with Crippen molar-refractivity contribution in [2.45, 2.75) is 52.4 Å². The van der Waals surface area contributed by atoms with E-state index in [4.69, 9.17) is 21.4 Å². The second kappa shape index (κ2) is 8.17. The third kappa shape index (κ3) is 8.61. The van der Waals surface area contributed by atoms with E-state index in [0.717, 1.165) is 0 Å². The second-order valence-corrected chi connectivity index (χ2v) is 16.1. The summed E-state index contributed by atoms with van der Waals surface area (Å²) in [5.74, 6) is 0. The van der Waals surface area contributed by atoms with Crippen LogP contribution in [0.1, 0.15) is 0 Å². The number of hydrogen-bond acceptors (Lipinski definition) is 4. The molecular weight excluding hydrogens is 301 g/mol. The van der Waals surface area contributed by atoms with Gasteiger partial charge in [-0.15, -0.1) is 0 Å². The Morgan fingerprint density at radius 1 is 0.588 bits per heavy atom. The van der Waals surface area contributed by atoms with Crippen molar-refractivity contribution in [3.05, 3.63) is 0 Å². The van der Waals surface area contributed by atoms with Crippen molar-refractivity contribution in [1.29, 1.82) is 4.94 Å². The van der Waals surface area contributed by atoms with Crippen LogP contribution < -0.4 is 0 Å². The van der Waals surface area contributed by atoms with E-state index in [1.807, 2.05) is 0 Å². The fourth-order valence-corrected chi connectivity index (χ4v) is 12.4. The highest BCUT2D eigenvalue weighted by Crippen LogP contribution is 2.17. The molecule has 0 radical (unpaired) electrons. The van der Waals surface area contributed by atoms with Gasteiger partial charge in [0, 0.05) is 4.94 Å². The molecule has 0 atom stereocenters. The Bertz CT molecular complexity index is 277. The molecule has 0 spiro atoms. The summed E-state index contributed by atoms with van der Waals surface area (Å²) in [6.45, 7) is 13.2. The Labute approximate surface area is 119 Å². The molecule has 0 aromatic rings. The zero-order valence-electron chi connectivity index (χ0n) is 16.1. The van der Waals surface area contributed by atoms with Gasteiger partial charge in [0.15, 0.2) is 35.9 Å². The smallest absolute Gasteiger partial charge is 0.399 e. The monoisotopic (exact) mass is 336 g/mol. The predicted octanol–water partition coefficient (Wildman–Crippen LogP) is 1.42. The van der Waals surface area contributed by atoms with Gasteiger partial charge in [-0.25, -0.2) is 0 Å². The van der Waals surface area contributed by atoms with Crippen LogP contribution in [0.5, 0.6) is 0 Å². The van der Waals surface area contributed by atoms with E-state index in [1.54, 1.807) is 52.4 Å². The molecule has 0 saturated heterocycles. The molecule has 9 heteroatoms. The molecule has 0 aliphatic heterocycles. The van der Waals surface area contributed by atoms with Crippen molar-refractivity contribution in [3.63, 3.8) is 0 Å². The summed E-state index contributed by atoms with van der Waals surface area (Å²) in [4.78, 5) is 0. The lowest BCUT2D eigenvalue weighted by Gasteiger charge is -2.35. The zero-order valence-corrected chi connectivity index (χ0v) is 17.1. The molecule has 0 bridgehead atoms. The van der Waals surface area contributed by atoms with Crippen LogP contribution >= 0.6 is 0 Å². The Kier molecular flexibility index (Phi) is 5.63. The van der Waals surface area contributed by atoms with Crippen molar-refractivity contribution in [2.75, 3.05) is 0 Å². The normalized spacial score (nSPS) is 19.3. The van der Waals surface area contributed by atoms with Crippen molar-refractivity contribution in [2.24, 2.45) is 0 Å². The lowest BCUT2D eigenvalue weighted by Crippen LogP contribution is -2.57. The van der Waals surface area contributed by atoms with Crippen molar-refractivity contribution in [1.82, 2.24) is 0 Å². The van der Waals surface area contributed by atoms with Crippen LogP contribution in [0.15, 0.2) is 0 Å². The summed E-state index contributed by atoms with van der Waals surface area (Å²) >= 11 is 0. The van der Waals surface area contributed by atoms with Crippen LogP contribution in [0, 0.1) is 0 Å². The molecular formula is C8H28O4Si5. The van der Waals surface area contributed by atoms with E-state index >= 15 is 0 Å². The Morgan fingerprint density at radius 2 is 0.765 bits per heavy atom. The van der Waals surface area contributed by atoms with Crippen molar-refractivity contribution in [3.8, 4) is 0 Å². The minimum atomic E-state index is -3.84. The molecule has 0 N–H and O–H groups in total. The highest BCUT2D eigenvalue weighted by Gasteiger charge is 2.47. The Hall–Kier alpha value is 0.924. The van der Waals surface area contributed by atoms with Gasteiger partial charge in [-0.05, 0) is 52.4 Å². The molecule has 0 heterocycles. The average Bonchev–Trinajstić information content (AvgIpc) is 1.83. The maximum atomic E-state index is 8.08. The first-order valence-corrected chi connectivity index (χ1v) is 16.9. The molecule has 104 valence electrons. The minimum Gasteiger partial charge on any atom is -0.399 e. The van der Waals surface area contributed by atoms with E-state index in [0.29, 0.717) is 0 Å². The highest BCUT2D eigenvalue weighted by atomic mass is 28.5. The minimum absolute atomic E-state index is 1.65. The van der Waals surface area contributed by atoms with Crippen molar-refractivity contribution < 1.29 is 16.5 Å². The van der Waals surface area contributed by atoms with Crippen LogP contribution in [0.3, 0.4) is 0 Å². The summed E-state index contributed by atoms with van der Waals surface area (Å²) in [6.07, 6.45) is 0. The largest absolute Gasteiger partial charge is 0.636 e. The van der Waals surface area contributed by atoms with Gasteiger partial charge in [0.05, 0.1) is 0 Å². The molecule has 4 nitrogen and oxygen atoms in total. The first-order valence-electron chi connectivity index (χ1n) is 7.63. The van der Waals surface area contributed by atoms with Gasteiger partial charge in [0.25, 0.3) is 0 Å². The molecule has 0 aromatic carbocycles. The van der Waals surface area contributed by atoms with Gasteiger partial charge in [-0.3, -0.25) is 0 Å². The topological polar surface area (TPSA) is 36.9 Å². The van der Waals surface area contributed by atoms with Crippen LogP contribution in [0.2, 0.25) is 52.4 Å². The van der Waals surface area contributed by atoms with Gasteiger partial charge in [0.1, 0.15) is 0 Å². The van der Waals surface area contributed by atoms with Crippen molar-refractivity contribution >= 4 is 44.9 Å². The van der Waals surface area contributed by atoms with Gasteiger partial charge < -0.3 is 16.5 Å². The maximum absolute atomic E-state index is 8.08. The van der Waals surface area contributed by atoms with Crippen LogP contribution in [-0.2, 0) is 16.5 Å². The van der Waals surface area contributed by atoms with Gasteiger partial charge >= 0.3 is 9.05 Å². The van der Waals surface area contributed by atoms with Gasteiger partial charge in [-0.2, -0.15) is 0 Å². The molecule has 0 fully saturated rings. The molecule has 0 unspecified atom stereocenters. The van der Waals surface area contributed by atoms with Crippen LogP contribution in [0.4, 0.5) is 0 Å². The quantitative estimate of drug-likeness (QED) is 0.628. The molecule has 17 heavy (non-hydrogen) atoms. The molecule has 0 aromatic heterocycles. The third-order valence-electron chi connectivity index (χ3n) is 1.32. The SMILES string of the molecule is [3H][Si](C)(C)O[Si](O[Si]([3H])(C)C)(O[Si]([3H])(C)C)O[Si]([3H])(C)C. The molecule has 0 saturated carbocycles. The van der Waals surface area contributed by atoms with E-state index in [9.17, 15) is 0 Å².